The van der Waals surface area contributed by atoms with Gasteiger partial charge in [0.25, 0.3) is 0 Å². The maximum absolute atomic E-state index is 8.91. The Morgan fingerprint density at radius 2 is 2.45 bits per heavy atom. The van der Waals surface area contributed by atoms with E-state index in [0.717, 1.165) is 0 Å². The van der Waals surface area contributed by atoms with Crippen LogP contribution in [-0.2, 0) is 4.74 Å². The molecule has 0 aromatic rings. The van der Waals surface area contributed by atoms with Gasteiger partial charge in [-0.05, 0) is 5.53 Å². The van der Waals surface area contributed by atoms with Crippen molar-refractivity contribution >= 4 is 0 Å². The molecule has 1 saturated heterocycles. The van der Waals surface area contributed by atoms with Crippen LogP contribution in [0.4, 0.5) is 0 Å². The van der Waals surface area contributed by atoms with E-state index in [2.05, 4.69) is 10.0 Å². The first-order valence-corrected chi connectivity index (χ1v) is 3.26. The average Bonchev–Trinajstić information content (AvgIpc) is 2.32. The molecule has 1 rings (SSSR count). The van der Waals surface area contributed by atoms with E-state index in [-0.39, 0.29) is 13.0 Å². The first kappa shape index (κ1) is 8.29. The normalized spacial score (nSPS) is 36.7. The van der Waals surface area contributed by atoms with Gasteiger partial charge in [0.1, 0.15) is 0 Å². The second-order valence-electron chi connectivity index (χ2n) is 2.32. The van der Waals surface area contributed by atoms with Crippen LogP contribution in [0.15, 0.2) is 5.11 Å². The number of azide groups is 1. The molecule has 0 bridgehead atoms. The minimum atomic E-state index is -0.914. The van der Waals surface area contributed by atoms with Crippen LogP contribution in [0.25, 0.3) is 10.4 Å². The lowest BCUT2D eigenvalue weighted by atomic mass is 10.1. The molecule has 1 aliphatic heterocycles. The summed E-state index contributed by atoms with van der Waals surface area (Å²) in [6.07, 6.45) is -1.21. The zero-order valence-electron chi connectivity index (χ0n) is 5.79. The van der Waals surface area contributed by atoms with Crippen molar-refractivity contribution in [3.8, 4) is 0 Å². The van der Waals surface area contributed by atoms with Gasteiger partial charge in [-0.25, -0.2) is 0 Å². The third-order valence-electron chi connectivity index (χ3n) is 1.58. The molecule has 11 heavy (non-hydrogen) atoms. The van der Waals surface area contributed by atoms with Crippen LogP contribution in [0.3, 0.4) is 0 Å². The number of aliphatic hydroxyl groups excluding tert-OH is 2. The molecular formula is C5H9N3O3. The van der Waals surface area contributed by atoms with E-state index in [9.17, 15) is 0 Å². The molecule has 0 radical (unpaired) electrons. The summed E-state index contributed by atoms with van der Waals surface area (Å²) < 4.78 is 4.82. The molecule has 0 saturated carbocycles. The predicted molar refractivity (Wildman–Crippen MR) is 35.5 cm³/mol. The van der Waals surface area contributed by atoms with Crippen LogP contribution < -0.4 is 0 Å². The van der Waals surface area contributed by atoms with Crippen molar-refractivity contribution in [1.82, 2.24) is 0 Å². The van der Waals surface area contributed by atoms with Gasteiger partial charge in [0.05, 0.1) is 18.8 Å². The Morgan fingerprint density at radius 1 is 1.73 bits per heavy atom. The number of hydrogen-bond donors (Lipinski definition) is 2. The Kier molecular flexibility index (Phi) is 2.67. The lowest BCUT2D eigenvalue weighted by molar-refractivity contribution is -0.102. The highest BCUT2D eigenvalue weighted by molar-refractivity contribution is 4.83. The Bertz CT molecular complexity index is 180. The molecule has 3 atom stereocenters. The van der Waals surface area contributed by atoms with Crippen LogP contribution in [0.1, 0.15) is 6.42 Å². The fourth-order valence-corrected chi connectivity index (χ4v) is 1.06. The van der Waals surface area contributed by atoms with E-state index in [4.69, 9.17) is 20.5 Å². The summed E-state index contributed by atoms with van der Waals surface area (Å²) >= 11 is 0. The van der Waals surface area contributed by atoms with E-state index >= 15 is 0 Å². The fraction of sp³-hybridized carbons (Fsp3) is 1.00. The molecule has 0 aliphatic carbocycles. The van der Waals surface area contributed by atoms with Gasteiger partial charge in [-0.1, -0.05) is 5.11 Å². The molecule has 0 aromatic carbocycles. The molecule has 0 spiro atoms. The van der Waals surface area contributed by atoms with Gasteiger partial charge in [0, 0.05) is 11.3 Å². The first-order valence-electron chi connectivity index (χ1n) is 3.26. The number of aliphatic hydroxyl groups is 2. The zero-order chi connectivity index (χ0) is 8.27. The van der Waals surface area contributed by atoms with E-state index in [1.54, 1.807) is 0 Å². The Hall–Kier alpha value is -0.810. The lowest BCUT2D eigenvalue weighted by Gasteiger charge is -2.08. The van der Waals surface area contributed by atoms with Gasteiger partial charge in [-0.15, -0.1) is 0 Å². The molecule has 1 fully saturated rings. The monoisotopic (exact) mass is 159 g/mol. The van der Waals surface area contributed by atoms with Gasteiger partial charge in [-0.2, -0.15) is 0 Å². The SMILES string of the molecule is [N-]=[N+]=N[C@H]1CC(O)O[C@@H]1CO. The smallest absolute Gasteiger partial charge is 0.155 e. The van der Waals surface area contributed by atoms with Crippen molar-refractivity contribution < 1.29 is 14.9 Å². The van der Waals surface area contributed by atoms with Crippen molar-refractivity contribution in [3.05, 3.63) is 10.4 Å². The standard InChI is InChI=1S/C5H9N3O3/c6-8-7-3-1-5(10)11-4(3)2-9/h3-5,9-10H,1-2H2/t3-,4+,5?/m0/s1. The van der Waals surface area contributed by atoms with Crippen molar-refractivity contribution in [3.63, 3.8) is 0 Å². The van der Waals surface area contributed by atoms with E-state index < -0.39 is 18.4 Å². The second-order valence-corrected chi connectivity index (χ2v) is 2.32. The van der Waals surface area contributed by atoms with Crippen LogP contribution in [0.5, 0.6) is 0 Å². The molecular weight excluding hydrogens is 150 g/mol. The Labute approximate surface area is 63.0 Å². The summed E-state index contributed by atoms with van der Waals surface area (Å²) in [5.41, 5.74) is 8.07. The van der Waals surface area contributed by atoms with Crippen LogP contribution in [0.2, 0.25) is 0 Å². The van der Waals surface area contributed by atoms with E-state index in [0.29, 0.717) is 0 Å². The molecule has 6 nitrogen and oxygen atoms in total. The van der Waals surface area contributed by atoms with E-state index in [1.165, 1.54) is 0 Å². The Balaban J connectivity index is 2.56. The number of nitrogens with zero attached hydrogens (tertiary/aromatic N) is 3. The van der Waals surface area contributed by atoms with Gasteiger partial charge < -0.3 is 14.9 Å². The summed E-state index contributed by atoms with van der Waals surface area (Å²) in [7, 11) is 0. The van der Waals surface area contributed by atoms with Crippen molar-refractivity contribution in [2.24, 2.45) is 5.11 Å². The van der Waals surface area contributed by atoms with Gasteiger partial charge >= 0.3 is 0 Å². The largest absolute Gasteiger partial charge is 0.394 e. The molecule has 1 aliphatic rings. The van der Waals surface area contributed by atoms with Crippen LogP contribution >= 0.6 is 0 Å². The molecule has 0 aromatic heterocycles. The highest BCUT2D eigenvalue weighted by atomic mass is 16.6. The summed E-state index contributed by atoms with van der Waals surface area (Å²) in [6, 6.07) is -0.444. The zero-order valence-corrected chi connectivity index (χ0v) is 5.79. The molecule has 1 heterocycles. The molecule has 1 unspecified atom stereocenters. The first-order chi connectivity index (χ1) is 5.27. The minimum Gasteiger partial charge on any atom is -0.394 e. The molecule has 6 heteroatoms. The van der Waals surface area contributed by atoms with Crippen molar-refractivity contribution in [1.29, 1.82) is 0 Å². The van der Waals surface area contributed by atoms with E-state index in [1.807, 2.05) is 0 Å². The third-order valence-corrected chi connectivity index (χ3v) is 1.58. The van der Waals surface area contributed by atoms with Crippen molar-refractivity contribution in [2.75, 3.05) is 6.61 Å². The second kappa shape index (κ2) is 3.54. The van der Waals surface area contributed by atoms with Crippen LogP contribution in [0, 0.1) is 0 Å². The number of ether oxygens (including phenoxy) is 1. The quantitative estimate of drug-likeness (QED) is 0.330. The average molecular weight is 159 g/mol. The highest BCUT2D eigenvalue weighted by Crippen LogP contribution is 2.21. The Morgan fingerprint density at radius 3 is 3.00 bits per heavy atom. The highest BCUT2D eigenvalue weighted by Gasteiger charge is 2.32. The molecule has 62 valence electrons. The summed E-state index contributed by atoms with van der Waals surface area (Å²) in [5.74, 6) is 0. The lowest BCUT2D eigenvalue weighted by Crippen LogP contribution is -2.23. The minimum absolute atomic E-state index is 0.235. The van der Waals surface area contributed by atoms with Gasteiger partial charge in [0.15, 0.2) is 6.29 Å². The number of hydrogen-bond acceptors (Lipinski definition) is 4. The summed E-state index contributed by atoms with van der Waals surface area (Å²) in [5, 5.41) is 20.9. The predicted octanol–water partition coefficient (Wildman–Crippen LogP) is -0.235. The van der Waals surface area contributed by atoms with Gasteiger partial charge in [-0.3, -0.25) is 0 Å². The number of rotatable bonds is 2. The van der Waals surface area contributed by atoms with Crippen molar-refractivity contribution in [2.45, 2.75) is 24.9 Å². The molecule has 2 N–H and O–H groups in total. The topological polar surface area (TPSA) is 98.5 Å². The summed E-state index contributed by atoms with van der Waals surface area (Å²) in [4.78, 5) is 2.57. The molecule has 0 amide bonds. The van der Waals surface area contributed by atoms with Gasteiger partial charge in [0.2, 0.25) is 0 Å². The fourth-order valence-electron chi connectivity index (χ4n) is 1.06. The maximum Gasteiger partial charge on any atom is 0.155 e. The summed E-state index contributed by atoms with van der Waals surface area (Å²) in [6.45, 7) is -0.235. The maximum atomic E-state index is 8.91. The third kappa shape index (κ3) is 1.81. The van der Waals surface area contributed by atoms with Crippen LogP contribution in [-0.4, -0.2) is 35.3 Å².